The number of ether oxygens (including phenoxy) is 4. The standard InChI is InChI=1S/C31H32ClN3O7/c1-19-7-8-21(29(36)33-18-20-5-4-6-23(32)13-20)15-25(19)34-30(37)24-14-22-16-28(42-12-11-41-10-9-39-2)27(40-3)17-26(22)35-31(24)38/h4-8,13-17H,9-12,18H2,1-3H3,(H,33,36)(H,34,37)(H,35,38). The average molecular weight is 594 g/mol. The van der Waals surface area contributed by atoms with Crippen LogP contribution in [0.5, 0.6) is 11.5 Å². The summed E-state index contributed by atoms with van der Waals surface area (Å²) in [5, 5.41) is 6.76. The van der Waals surface area contributed by atoms with Crippen LogP contribution >= 0.6 is 11.6 Å². The molecule has 4 aromatic rings. The molecule has 3 aromatic carbocycles. The van der Waals surface area contributed by atoms with Gasteiger partial charge in [0.05, 0.1) is 32.4 Å². The second-order valence-electron chi connectivity index (χ2n) is 9.35. The van der Waals surface area contributed by atoms with Gasteiger partial charge in [0.2, 0.25) is 0 Å². The molecule has 0 aliphatic carbocycles. The molecule has 0 saturated carbocycles. The van der Waals surface area contributed by atoms with Gasteiger partial charge in [-0.15, -0.1) is 0 Å². The summed E-state index contributed by atoms with van der Waals surface area (Å²) >= 11 is 6.02. The van der Waals surface area contributed by atoms with Crippen LogP contribution in [-0.4, -0.2) is 57.4 Å². The lowest BCUT2D eigenvalue weighted by Crippen LogP contribution is -2.25. The molecule has 1 aromatic heterocycles. The van der Waals surface area contributed by atoms with Gasteiger partial charge in [0.25, 0.3) is 17.4 Å². The Hall–Kier alpha value is -4.38. The predicted octanol–water partition coefficient (Wildman–Crippen LogP) is 4.72. The lowest BCUT2D eigenvalue weighted by atomic mass is 10.1. The first-order chi connectivity index (χ1) is 20.3. The average Bonchev–Trinajstić information content (AvgIpc) is 2.98. The molecule has 1 heterocycles. The predicted molar refractivity (Wildman–Crippen MR) is 161 cm³/mol. The largest absolute Gasteiger partial charge is 0.493 e. The van der Waals surface area contributed by atoms with Crippen LogP contribution in [0.15, 0.2) is 65.5 Å². The molecular weight excluding hydrogens is 562 g/mol. The van der Waals surface area contributed by atoms with Crippen LogP contribution < -0.4 is 25.7 Å². The van der Waals surface area contributed by atoms with Crippen LogP contribution in [0.1, 0.15) is 31.8 Å². The van der Waals surface area contributed by atoms with Crippen molar-refractivity contribution in [2.24, 2.45) is 0 Å². The minimum atomic E-state index is -0.623. The topological polar surface area (TPSA) is 128 Å². The molecule has 2 amide bonds. The Morgan fingerprint density at radius 3 is 2.48 bits per heavy atom. The van der Waals surface area contributed by atoms with Crippen molar-refractivity contribution in [2.75, 3.05) is 46.0 Å². The fourth-order valence-electron chi connectivity index (χ4n) is 4.13. The molecule has 220 valence electrons. The van der Waals surface area contributed by atoms with Crippen molar-refractivity contribution >= 4 is 40.0 Å². The number of amides is 2. The first-order valence-corrected chi connectivity index (χ1v) is 13.6. The number of methoxy groups -OCH3 is 2. The third-order valence-electron chi connectivity index (χ3n) is 6.38. The van der Waals surface area contributed by atoms with Gasteiger partial charge < -0.3 is 34.6 Å². The summed E-state index contributed by atoms with van der Waals surface area (Å²) in [5.74, 6) is -0.0819. The molecule has 0 unspecified atom stereocenters. The van der Waals surface area contributed by atoms with E-state index in [9.17, 15) is 14.4 Å². The van der Waals surface area contributed by atoms with E-state index in [-0.39, 0.29) is 18.1 Å². The van der Waals surface area contributed by atoms with E-state index in [1.807, 2.05) is 12.1 Å². The highest BCUT2D eigenvalue weighted by molar-refractivity contribution is 6.30. The van der Waals surface area contributed by atoms with E-state index in [0.29, 0.717) is 65.0 Å². The minimum Gasteiger partial charge on any atom is -0.493 e. The van der Waals surface area contributed by atoms with Crippen molar-refractivity contribution in [3.8, 4) is 11.5 Å². The third-order valence-corrected chi connectivity index (χ3v) is 6.62. The summed E-state index contributed by atoms with van der Waals surface area (Å²) in [7, 11) is 3.10. The summed E-state index contributed by atoms with van der Waals surface area (Å²) < 4.78 is 21.6. The number of benzene rings is 3. The molecule has 0 radical (unpaired) electrons. The number of rotatable bonds is 13. The Labute approximate surface area is 247 Å². The zero-order chi connectivity index (χ0) is 30.1. The molecular formula is C31H32ClN3O7. The van der Waals surface area contributed by atoms with Gasteiger partial charge in [-0.3, -0.25) is 14.4 Å². The molecule has 0 aliphatic rings. The Morgan fingerprint density at radius 1 is 0.905 bits per heavy atom. The molecule has 11 heteroatoms. The number of aromatic amines is 1. The van der Waals surface area contributed by atoms with Crippen molar-refractivity contribution in [3.63, 3.8) is 0 Å². The fraction of sp³-hybridized carbons (Fsp3) is 0.258. The van der Waals surface area contributed by atoms with E-state index in [1.165, 1.54) is 13.2 Å². The summed E-state index contributed by atoms with van der Waals surface area (Å²) in [6.45, 7) is 3.63. The SMILES string of the molecule is COCCOCCOc1cc2cc(C(=O)Nc3cc(C(=O)NCc4cccc(Cl)c4)ccc3C)c(=O)[nH]c2cc1OC. The quantitative estimate of drug-likeness (QED) is 0.191. The van der Waals surface area contributed by atoms with Gasteiger partial charge in [-0.05, 0) is 54.4 Å². The monoisotopic (exact) mass is 593 g/mol. The molecule has 0 fully saturated rings. The number of aryl methyl sites for hydroxylation is 1. The minimum absolute atomic E-state index is 0.100. The molecule has 42 heavy (non-hydrogen) atoms. The van der Waals surface area contributed by atoms with Gasteiger partial charge in [0.1, 0.15) is 12.2 Å². The van der Waals surface area contributed by atoms with E-state index >= 15 is 0 Å². The number of anilines is 1. The number of carbonyl (C=O) groups excluding carboxylic acids is 2. The smallest absolute Gasteiger partial charge is 0.261 e. The van der Waals surface area contributed by atoms with E-state index in [0.717, 1.165) is 11.1 Å². The van der Waals surface area contributed by atoms with E-state index in [4.69, 9.17) is 30.5 Å². The first kappa shape index (κ1) is 30.6. The maximum atomic E-state index is 13.2. The molecule has 10 nitrogen and oxygen atoms in total. The van der Waals surface area contributed by atoms with E-state index < -0.39 is 11.5 Å². The number of fused-ring (bicyclic) bond motifs is 1. The Bertz CT molecular complexity index is 1640. The van der Waals surface area contributed by atoms with Crippen molar-refractivity contribution in [3.05, 3.63) is 98.3 Å². The molecule has 0 saturated heterocycles. The van der Waals surface area contributed by atoms with Crippen molar-refractivity contribution in [1.82, 2.24) is 10.3 Å². The summed E-state index contributed by atoms with van der Waals surface area (Å²) in [6, 6.07) is 17.0. The zero-order valence-electron chi connectivity index (χ0n) is 23.5. The second-order valence-corrected chi connectivity index (χ2v) is 9.79. The maximum absolute atomic E-state index is 13.2. The van der Waals surface area contributed by atoms with Crippen LogP contribution in [-0.2, 0) is 16.0 Å². The summed E-state index contributed by atoms with van der Waals surface area (Å²) in [5.41, 5.74) is 2.14. The van der Waals surface area contributed by atoms with Crippen molar-refractivity contribution in [1.29, 1.82) is 0 Å². The molecule has 3 N–H and O–H groups in total. The number of halogens is 1. The highest BCUT2D eigenvalue weighted by Crippen LogP contribution is 2.31. The van der Waals surface area contributed by atoms with Crippen LogP contribution in [0.2, 0.25) is 5.02 Å². The number of hydrogen-bond acceptors (Lipinski definition) is 7. The molecule has 0 bridgehead atoms. The molecule has 4 rings (SSSR count). The van der Waals surface area contributed by atoms with E-state index in [1.54, 1.807) is 56.5 Å². The lowest BCUT2D eigenvalue weighted by Gasteiger charge is -2.13. The van der Waals surface area contributed by atoms with Crippen LogP contribution in [0, 0.1) is 6.92 Å². The van der Waals surface area contributed by atoms with Crippen molar-refractivity contribution in [2.45, 2.75) is 13.5 Å². The van der Waals surface area contributed by atoms with Crippen LogP contribution in [0.25, 0.3) is 10.9 Å². The lowest BCUT2D eigenvalue weighted by molar-refractivity contribution is 0.0540. The highest BCUT2D eigenvalue weighted by atomic mass is 35.5. The second kappa shape index (κ2) is 14.5. The zero-order valence-corrected chi connectivity index (χ0v) is 24.3. The summed E-state index contributed by atoms with van der Waals surface area (Å²) in [6.07, 6.45) is 0. The maximum Gasteiger partial charge on any atom is 0.261 e. The van der Waals surface area contributed by atoms with Gasteiger partial charge in [0.15, 0.2) is 11.5 Å². The van der Waals surface area contributed by atoms with Crippen LogP contribution in [0.4, 0.5) is 5.69 Å². The Morgan fingerprint density at radius 2 is 1.71 bits per heavy atom. The van der Waals surface area contributed by atoms with Gasteiger partial charge in [-0.25, -0.2) is 0 Å². The number of nitrogens with one attached hydrogen (secondary N) is 3. The summed E-state index contributed by atoms with van der Waals surface area (Å²) in [4.78, 5) is 41.6. The van der Waals surface area contributed by atoms with Gasteiger partial charge in [-0.2, -0.15) is 0 Å². The van der Waals surface area contributed by atoms with Gasteiger partial charge in [0, 0.05) is 41.4 Å². The molecule has 0 atom stereocenters. The normalized spacial score (nSPS) is 10.9. The first-order valence-electron chi connectivity index (χ1n) is 13.2. The van der Waals surface area contributed by atoms with Gasteiger partial charge >= 0.3 is 0 Å². The molecule has 0 spiro atoms. The number of pyridine rings is 1. The van der Waals surface area contributed by atoms with E-state index in [2.05, 4.69) is 15.6 Å². The highest BCUT2D eigenvalue weighted by Gasteiger charge is 2.17. The Balaban J connectivity index is 1.49. The number of aromatic nitrogens is 1. The molecule has 0 aliphatic heterocycles. The number of hydrogen-bond donors (Lipinski definition) is 3. The Kier molecular flexibility index (Phi) is 10.6. The third kappa shape index (κ3) is 7.88. The fourth-order valence-corrected chi connectivity index (χ4v) is 4.34. The number of carbonyl (C=O) groups is 2. The van der Waals surface area contributed by atoms with Gasteiger partial charge in [-0.1, -0.05) is 29.8 Å². The van der Waals surface area contributed by atoms with Crippen molar-refractivity contribution < 1.29 is 28.5 Å². The number of H-pyrrole nitrogens is 1. The van der Waals surface area contributed by atoms with Crippen LogP contribution in [0.3, 0.4) is 0 Å².